The van der Waals surface area contributed by atoms with Gasteiger partial charge < -0.3 is 5.32 Å². The van der Waals surface area contributed by atoms with Crippen LogP contribution in [0.25, 0.3) is 0 Å². The molecule has 0 saturated heterocycles. The van der Waals surface area contributed by atoms with Crippen molar-refractivity contribution in [1.82, 2.24) is 5.32 Å². The second-order valence-corrected chi connectivity index (χ2v) is 3.98. The summed E-state index contributed by atoms with van der Waals surface area (Å²) in [5.74, 6) is -1.01. The first-order chi connectivity index (χ1) is 7.69. The van der Waals surface area contributed by atoms with Crippen LogP contribution in [0.3, 0.4) is 0 Å². The molecule has 1 aliphatic carbocycles. The van der Waals surface area contributed by atoms with E-state index in [4.69, 9.17) is 0 Å². The fourth-order valence-corrected chi connectivity index (χ4v) is 1.92. The molecular formula is C13H18FNO. The second kappa shape index (κ2) is 6.26. The van der Waals surface area contributed by atoms with Crippen molar-refractivity contribution >= 4 is 5.91 Å². The van der Waals surface area contributed by atoms with Gasteiger partial charge >= 0.3 is 0 Å². The molecule has 1 rings (SSSR count). The summed E-state index contributed by atoms with van der Waals surface area (Å²) in [6.45, 7) is 6.74. The van der Waals surface area contributed by atoms with Gasteiger partial charge in [0.2, 0.25) is 0 Å². The second-order valence-electron chi connectivity index (χ2n) is 3.98. The van der Waals surface area contributed by atoms with Crippen LogP contribution in [0.15, 0.2) is 36.7 Å². The predicted molar refractivity (Wildman–Crippen MR) is 63.5 cm³/mol. The first-order valence-corrected chi connectivity index (χ1v) is 5.64. The van der Waals surface area contributed by atoms with Crippen LogP contribution in [-0.4, -0.2) is 11.9 Å². The third-order valence-electron chi connectivity index (χ3n) is 2.83. The fourth-order valence-electron chi connectivity index (χ4n) is 1.92. The molecular weight excluding hydrogens is 205 g/mol. The average molecular weight is 223 g/mol. The van der Waals surface area contributed by atoms with E-state index in [2.05, 4.69) is 18.5 Å². The summed E-state index contributed by atoms with van der Waals surface area (Å²) in [6, 6.07) is 0.175. The Morgan fingerprint density at radius 1 is 1.19 bits per heavy atom. The minimum absolute atomic E-state index is 0.0272. The average Bonchev–Trinajstić information content (AvgIpc) is 2.31. The normalized spacial score (nSPS) is 18.6. The van der Waals surface area contributed by atoms with Crippen molar-refractivity contribution in [3.8, 4) is 0 Å². The van der Waals surface area contributed by atoms with Gasteiger partial charge in [-0.3, -0.25) is 4.79 Å². The predicted octanol–water partition coefficient (Wildman–Crippen LogP) is 3.03. The molecule has 1 N–H and O–H groups in total. The van der Waals surface area contributed by atoms with Crippen molar-refractivity contribution < 1.29 is 9.18 Å². The quantitative estimate of drug-likeness (QED) is 0.576. The molecule has 1 fully saturated rings. The topological polar surface area (TPSA) is 29.1 Å². The molecule has 1 saturated carbocycles. The smallest absolute Gasteiger partial charge is 0.254 e. The molecule has 0 bridgehead atoms. The van der Waals surface area contributed by atoms with Crippen LogP contribution in [0.5, 0.6) is 0 Å². The van der Waals surface area contributed by atoms with E-state index in [0.29, 0.717) is 0 Å². The maximum atomic E-state index is 13.2. The Kier molecular flexibility index (Phi) is 4.96. The molecule has 0 radical (unpaired) electrons. The van der Waals surface area contributed by atoms with Gasteiger partial charge in [0.05, 0.1) is 5.57 Å². The number of rotatable bonds is 4. The largest absolute Gasteiger partial charge is 0.349 e. The van der Waals surface area contributed by atoms with Gasteiger partial charge in [-0.15, -0.1) is 0 Å². The van der Waals surface area contributed by atoms with Crippen LogP contribution in [0.2, 0.25) is 0 Å². The Hall–Kier alpha value is -1.38. The first kappa shape index (κ1) is 12.7. The lowest BCUT2D eigenvalue weighted by molar-refractivity contribution is -0.118. The van der Waals surface area contributed by atoms with Gasteiger partial charge in [-0.25, -0.2) is 4.39 Å². The highest BCUT2D eigenvalue weighted by molar-refractivity contribution is 5.97. The van der Waals surface area contributed by atoms with Crippen LogP contribution in [0, 0.1) is 0 Å². The van der Waals surface area contributed by atoms with Gasteiger partial charge in [0.25, 0.3) is 5.91 Å². The highest BCUT2D eigenvalue weighted by Crippen LogP contribution is 2.18. The van der Waals surface area contributed by atoms with E-state index < -0.39 is 5.83 Å². The third kappa shape index (κ3) is 3.33. The van der Waals surface area contributed by atoms with Crippen LogP contribution < -0.4 is 5.32 Å². The number of carbonyl (C=O) groups excluding carboxylic acids is 1. The lowest BCUT2D eigenvalue weighted by Crippen LogP contribution is -2.36. The lowest BCUT2D eigenvalue weighted by atomic mass is 9.95. The molecule has 0 spiro atoms. The van der Waals surface area contributed by atoms with Crippen molar-refractivity contribution in [3.05, 3.63) is 36.7 Å². The minimum Gasteiger partial charge on any atom is -0.349 e. The highest BCUT2D eigenvalue weighted by atomic mass is 19.1. The van der Waals surface area contributed by atoms with Gasteiger partial charge in [0, 0.05) is 6.04 Å². The van der Waals surface area contributed by atoms with E-state index in [-0.39, 0.29) is 17.5 Å². The van der Waals surface area contributed by atoms with Crippen molar-refractivity contribution in [1.29, 1.82) is 0 Å². The number of halogens is 1. The molecule has 2 nitrogen and oxygen atoms in total. The molecule has 0 unspecified atom stereocenters. The van der Waals surface area contributed by atoms with E-state index in [0.717, 1.165) is 31.8 Å². The van der Waals surface area contributed by atoms with Crippen LogP contribution in [0.1, 0.15) is 32.1 Å². The molecule has 0 aliphatic heterocycles. The summed E-state index contributed by atoms with van der Waals surface area (Å²) < 4.78 is 13.2. The number of hydrogen-bond acceptors (Lipinski definition) is 1. The molecule has 16 heavy (non-hydrogen) atoms. The first-order valence-electron chi connectivity index (χ1n) is 5.64. The van der Waals surface area contributed by atoms with Crippen LogP contribution in [-0.2, 0) is 4.79 Å². The van der Waals surface area contributed by atoms with E-state index in [1.54, 1.807) is 0 Å². The Bertz CT molecular complexity index is 314. The zero-order chi connectivity index (χ0) is 12.0. The Balaban J connectivity index is 2.62. The minimum atomic E-state index is -0.622. The molecule has 0 aromatic rings. The molecule has 0 aromatic heterocycles. The number of nitrogens with one attached hydrogen (secondary N) is 1. The SMILES string of the molecule is C=C/C(F)=C(\C=C)C(=O)NC1CCCCC1. The number of hydrogen-bond donors (Lipinski definition) is 1. The number of carbonyl (C=O) groups is 1. The zero-order valence-corrected chi connectivity index (χ0v) is 9.47. The molecule has 3 heteroatoms. The van der Waals surface area contributed by atoms with E-state index >= 15 is 0 Å². The summed E-state index contributed by atoms with van der Waals surface area (Å²) in [7, 11) is 0. The number of allylic oxidation sites excluding steroid dienone is 2. The van der Waals surface area contributed by atoms with Gasteiger partial charge in [0.15, 0.2) is 0 Å². The van der Waals surface area contributed by atoms with E-state index in [9.17, 15) is 9.18 Å². The molecule has 1 amide bonds. The van der Waals surface area contributed by atoms with E-state index in [1.807, 2.05) is 0 Å². The lowest BCUT2D eigenvalue weighted by Gasteiger charge is -2.22. The molecule has 1 aliphatic rings. The Morgan fingerprint density at radius 3 is 2.31 bits per heavy atom. The fraction of sp³-hybridized carbons (Fsp3) is 0.462. The maximum Gasteiger partial charge on any atom is 0.254 e. The standard InChI is InChI=1S/C13H18FNO/c1-3-11(12(14)4-2)13(16)15-10-8-6-5-7-9-10/h3-4,10H,1-2,5-9H2,(H,15,16)/b12-11-. The summed E-state index contributed by atoms with van der Waals surface area (Å²) >= 11 is 0. The Morgan fingerprint density at radius 2 is 1.81 bits per heavy atom. The monoisotopic (exact) mass is 223 g/mol. The third-order valence-corrected chi connectivity index (χ3v) is 2.83. The van der Waals surface area contributed by atoms with Crippen LogP contribution >= 0.6 is 0 Å². The van der Waals surface area contributed by atoms with Crippen molar-refractivity contribution in [2.75, 3.05) is 0 Å². The highest BCUT2D eigenvalue weighted by Gasteiger charge is 2.18. The summed E-state index contributed by atoms with van der Waals surface area (Å²) in [5, 5.41) is 2.83. The van der Waals surface area contributed by atoms with Crippen molar-refractivity contribution in [2.24, 2.45) is 0 Å². The molecule has 0 aromatic carbocycles. The van der Waals surface area contributed by atoms with Crippen LogP contribution in [0.4, 0.5) is 4.39 Å². The van der Waals surface area contributed by atoms with Crippen molar-refractivity contribution in [3.63, 3.8) is 0 Å². The summed E-state index contributed by atoms with van der Waals surface area (Å²) in [6.07, 6.45) is 7.69. The molecule has 88 valence electrons. The van der Waals surface area contributed by atoms with E-state index in [1.165, 1.54) is 12.5 Å². The van der Waals surface area contributed by atoms with Gasteiger partial charge in [-0.2, -0.15) is 0 Å². The van der Waals surface area contributed by atoms with Crippen molar-refractivity contribution in [2.45, 2.75) is 38.1 Å². The molecule has 0 heterocycles. The Labute approximate surface area is 95.9 Å². The van der Waals surface area contributed by atoms with Gasteiger partial charge in [-0.1, -0.05) is 38.5 Å². The molecule has 0 atom stereocenters. The maximum absolute atomic E-state index is 13.2. The summed E-state index contributed by atoms with van der Waals surface area (Å²) in [5.41, 5.74) is -0.0272. The van der Waals surface area contributed by atoms with Gasteiger partial charge in [-0.05, 0) is 18.9 Å². The summed E-state index contributed by atoms with van der Waals surface area (Å²) in [4.78, 5) is 11.7. The number of amides is 1. The zero-order valence-electron chi connectivity index (χ0n) is 9.47. The van der Waals surface area contributed by atoms with Gasteiger partial charge in [0.1, 0.15) is 5.83 Å².